The fraction of sp³-hybridized carbons (Fsp3) is 0.286. The molecule has 2 saturated heterocycles. The minimum absolute atomic E-state index is 0.0140. The number of carbonyl (C=O) groups excluding carboxylic acids is 3. The van der Waals surface area contributed by atoms with Gasteiger partial charge >= 0.3 is 24.5 Å². The van der Waals surface area contributed by atoms with Gasteiger partial charge in [-0.1, -0.05) is 0 Å². The number of ether oxygens (including phenoxy) is 1. The summed E-state index contributed by atoms with van der Waals surface area (Å²) < 4.78 is 59.5. The number of alkyl halides is 2. The van der Waals surface area contributed by atoms with E-state index in [4.69, 9.17) is 14.7 Å². The molecule has 2 aliphatic rings. The van der Waals surface area contributed by atoms with Crippen LogP contribution < -0.4 is 20.4 Å². The van der Waals surface area contributed by atoms with Gasteiger partial charge in [0.2, 0.25) is 0 Å². The molecule has 0 unspecified atom stereocenters. The van der Waals surface area contributed by atoms with Crippen LogP contribution in [0.3, 0.4) is 0 Å². The zero-order chi connectivity index (χ0) is 28.3. The molecule has 2 fully saturated rings. The second-order valence-corrected chi connectivity index (χ2v) is 8.69. The Hall–Kier alpha value is -4.45. The van der Waals surface area contributed by atoms with Crippen molar-refractivity contribution < 1.29 is 51.4 Å². The van der Waals surface area contributed by atoms with Crippen LogP contribution in [0.4, 0.5) is 43.7 Å². The maximum absolute atomic E-state index is 15.1. The van der Waals surface area contributed by atoms with Crippen molar-refractivity contribution in [2.45, 2.75) is 6.43 Å². The summed E-state index contributed by atoms with van der Waals surface area (Å²) in [6, 6.07) is 0.985. The predicted octanol–water partition coefficient (Wildman–Crippen LogP) is 2.58. The van der Waals surface area contributed by atoms with Gasteiger partial charge in [0.15, 0.2) is 22.5 Å². The minimum Gasteiger partial charge on any atom is -0.476 e. The van der Waals surface area contributed by atoms with E-state index in [1.165, 1.54) is 10.3 Å². The highest BCUT2D eigenvalue weighted by atomic mass is 32.1. The number of urea groups is 1. The third-order valence-corrected chi connectivity index (χ3v) is 6.06. The van der Waals surface area contributed by atoms with E-state index in [0.29, 0.717) is 0 Å². The van der Waals surface area contributed by atoms with Crippen LogP contribution >= 0.6 is 11.3 Å². The van der Waals surface area contributed by atoms with E-state index in [0.717, 1.165) is 39.6 Å². The summed E-state index contributed by atoms with van der Waals surface area (Å²) in [6.07, 6.45) is -3.58. The van der Waals surface area contributed by atoms with E-state index in [-0.39, 0.29) is 55.1 Å². The van der Waals surface area contributed by atoms with Crippen molar-refractivity contribution in [1.82, 2.24) is 15.4 Å². The lowest BCUT2D eigenvalue weighted by Crippen LogP contribution is -2.37. The van der Waals surface area contributed by atoms with E-state index < -0.39 is 47.7 Å². The Balaban J connectivity index is 1.41. The van der Waals surface area contributed by atoms with Gasteiger partial charge in [0.05, 0.1) is 25.4 Å². The average molecular weight is 574 g/mol. The number of carboxylic acids is 1. The maximum Gasteiger partial charge on any atom is 0.419 e. The number of aromatic carboxylic acids is 1. The molecule has 0 radical (unpaired) electrons. The number of nitrogens with one attached hydrogen (secondary N) is 2. The standard InChI is InChI=1S/C21H18F4N6O7S/c22-12-5-10(30-8-11(38-21(30)36)7-26-17(32)16(24)25)6-13(23)15(12)29-1-2-31(37-4-3-29)20(35)28-19-27-14(9-39-19)18(33)34/h5-7,9,16H,1-4,8H2,(H,26,32)(H,33,34)(H,27,28,35)/b11-7-. The molecule has 0 bridgehead atoms. The molecule has 2 aliphatic heterocycles. The van der Waals surface area contributed by atoms with Gasteiger partial charge in [0.25, 0.3) is 5.91 Å². The molecule has 4 rings (SSSR count). The molecule has 13 nitrogen and oxygen atoms in total. The highest BCUT2D eigenvalue weighted by Gasteiger charge is 2.31. The molecule has 3 heterocycles. The molecular weight excluding hydrogens is 556 g/mol. The van der Waals surface area contributed by atoms with E-state index in [2.05, 4.69) is 10.3 Å². The Bertz CT molecular complexity index is 1320. The summed E-state index contributed by atoms with van der Waals surface area (Å²) in [5.41, 5.74) is -0.914. The predicted molar refractivity (Wildman–Crippen MR) is 125 cm³/mol. The first kappa shape index (κ1) is 27.6. The first-order valence-electron chi connectivity index (χ1n) is 10.9. The van der Waals surface area contributed by atoms with E-state index >= 15 is 8.78 Å². The molecular formula is C21H18F4N6O7S. The van der Waals surface area contributed by atoms with Crippen LogP contribution in [0, 0.1) is 11.6 Å². The first-order valence-corrected chi connectivity index (χ1v) is 11.8. The number of halogens is 4. The monoisotopic (exact) mass is 574 g/mol. The molecule has 1 aromatic heterocycles. The van der Waals surface area contributed by atoms with Crippen LogP contribution in [0.5, 0.6) is 0 Å². The molecule has 1 aromatic carbocycles. The number of benzene rings is 1. The van der Waals surface area contributed by atoms with Crippen molar-refractivity contribution in [3.63, 3.8) is 0 Å². The molecule has 0 saturated carbocycles. The molecule has 39 heavy (non-hydrogen) atoms. The number of hydroxylamine groups is 2. The molecule has 208 valence electrons. The van der Waals surface area contributed by atoms with Gasteiger partial charge < -0.3 is 20.1 Å². The van der Waals surface area contributed by atoms with Crippen LogP contribution in [-0.2, 0) is 14.4 Å². The molecule has 3 N–H and O–H groups in total. The lowest BCUT2D eigenvalue weighted by Gasteiger charge is -2.24. The van der Waals surface area contributed by atoms with Crippen molar-refractivity contribution in [3.05, 3.63) is 46.8 Å². The number of rotatable bonds is 6. The zero-order valence-corrected chi connectivity index (χ0v) is 20.3. The summed E-state index contributed by atoms with van der Waals surface area (Å²) in [7, 11) is 0. The van der Waals surface area contributed by atoms with Gasteiger partial charge in [0.1, 0.15) is 11.4 Å². The summed E-state index contributed by atoms with van der Waals surface area (Å²) in [4.78, 5) is 57.7. The molecule has 0 spiro atoms. The normalized spacial score (nSPS) is 16.9. The Morgan fingerprint density at radius 3 is 2.51 bits per heavy atom. The number of anilines is 3. The number of amides is 4. The van der Waals surface area contributed by atoms with Gasteiger partial charge in [0, 0.05) is 36.8 Å². The third-order valence-electron chi connectivity index (χ3n) is 5.30. The Morgan fingerprint density at radius 2 is 1.87 bits per heavy atom. The van der Waals surface area contributed by atoms with Gasteiger partial charge in [-0.2, -0.15) is 8.78 Å². The largest absolute Gasteiger partial charge is 0.476 e. The number of nitrogens with zero attached hydrogens (tertiary/aromatic N) is 4. The topological polar surface area (TPSA) is 154 Å². The smallest absolute Gasteiger partial charge is 0.419 e. The van der Waals surface area contributed by atoms with Gasteiger partial charge in [-0.3, -0.25) is 19.8 Å². The Morgan fingerprint density at radius 1 is 1.15 bits per heavy atom. The summed E-state index contributed by atoms with van der Waals surface area (Å²) in [5.74, 6) is -5.18. The second kappa shape index (κ2) is 11.5. The van der Waals surface area contributed by atoms with Gasteiger partial charge in [-0.15, -0.1) is 11.3 Å². The summed E-state index contributed by atoms with van der Waals surface area (Å²) in [6.45, 7) is -0.708. The molecule has 0 aliphatic carbocycles. The van der Waals surface area contributed by atoms with Crippen molar-refractivity contribution in [2.24, 2.45) is 0 Å². The SMILES string of the molecule is O=C(O)c1csc(NC(=O)N2CCN(c3c(F)cc(N4C/C(=C/NC(=O)C(F)F)OC4=O)cc3F)CCO2)n1. The lowest BCUT2D eigenvalue weighted by atomic mass is 10.2. The number of hydrogen-bond acceptors (Lipinski definition) is 9. The number of hydrogen-bond donors (Lipinski definition) is 3. The Labute approximate surface area is 220 Å². The zero-order valence-electron chi connectivity index (χ0n) is 19.5. The maximum atomic E-state index is 15.1. The minimum atomic E-state index is -3.29. The number of cyclic esters (lactones) is 1. The highest BCUT2D eigenvalue weighted by molar-refractivity contribution is 7.14. The quantitative estimate of drug-likeness (QED) is 0.442. The van der Waals surface area contributed by atoms with Gasteiger partial charge in [-0.05, 0) is 0 Å². The first-order chi connectivity index (χ1) is 18.5. The van der Waals surface area contributed by atoms with Gasteiger partial charge in [-0.25, -0.2) is 33.2 Å². The number of thiazole rings is 1. The molecule has 2 aromatic rings. The Kier molecular flexibility index (Phi) is 8.15. The lowest BCUT2D eigenvalue weighted by molar-refractivity contribution is -0.130. The van der Waals surface area contributed by atoms with E-state index in [1.54, 1.807) is 5.32 Å². The average Bonchev–Trinajstić information content (AvgIpc) is 3.41. The van der Waals surface area contributed by atoms with Crippen LogP contribution in [-0.4, -0.2) is 78.4 Å². The molecule has 0 atom stereocenters. The van der Waals surface area contributed by atoms with E-state index in [9.17, 15) is 28.0 Å². The summed E-state index contributed by atoms with van der Waals surface area (Å²) in [5, 5.41) is 15.2. The van der Waals surface area contributed by atoms with Crippen LogP contribution in [0.15, 0.2) is 29.5 Å². The van der Waals surface area contributed by atoms with Crippen molar-refractivity contribution in [1.29, 1.82) is 0 Å². The van der Waals surface area contributed by atoms with Crippen molar-refractivity contribution in [3.8, 4) is 0 Å². The van der Waals surface area contributed by atoms with Crippen molar-refractivity contribution in [2.75, 3.05) is 47.9 Å². The summed E-state index contributed by atoms with van der Waals surface area (Å²) >= 11 is 0.889. The van der Waals surface area contributed by atoms with Crippen LogP contribution in [0.1, 0.15) is 10.5 Å². The third kappa shape index (κ3) is 6.34. The highest BCUT2D eigenvalue weighted by Crippen LogP contribution is 2.32. The van der Waals surface area contributed by atoms with Crippen LogP contribution in [0.2, 0.25) is 0 Å². The molecule has 18 heteroatoms. The number of carbonyl (C=O) groups is 4. The second-order valence-electron chi connectivity index (χ2n) is 7.83. The molecule has 4 amide bonds. The van der Waals surface area contributed by atoms with E-state index in [1.807, 2.05) is 0 Å². The number of carboxylic acid groups (broad SMARTS) is 1. The van der Waals surface area contributed by atoms with Crippen molar-refractivity contribution >= 4 is 51.8 Å². The number of aromatic nitrogens is 1. The fourth-order valence-electron chi connectivity index (χ4n) is 3.53. The van der Waals surface area contributed by atoms with Crippen LogP contribution in [0.25, 0.3) is 0 Å². The fourth-order valence-corrected chi connectivity index (χ4v) is 4.21.